The van der Waals surface area contributed by atoms with Gasteiger partial charge in [-0.25, -0.2) is 0 Å². The van der Waals surface area contributed by atoms with Crippen molar-refractivity contribution in [1.29, 1.82) is 0 Å². The average Bonchev–Trinajstić information content (AvgIpc) is 3.34. The van der Waals surface area contributed by atoms with Crippen LogP contribution in [0.1, 0.15) is 29.4 Å². The van der Waals surface area contributed by atoms with Crippen LogP contribution < -0.4 is 5.32 Å². The summed E-state index contributed by atoms with van der Waals surface area (Å²) in [4.78, 5) is 23.1. The van der Waals surface area contributed by atoms with Crippen molar-refractivity contribution in [3.8, 4) is 0 Å². The van der Waals surface area contributed by atoms with E-state index in [1.165, 1.54) is 10.9 Å². The molecule has 0 aliphatic carbocycles. The summed E-state index contributed by atoms with van der Waals surface area (Å²) in [5.74, 6) is -1.31. The number of aliphatic carboxylic acids is 1. The smallest absolute Gasteiger partial charge is 0.305 e. The van der Waals surface area contributed by atoms with Gasteiger partial charge < -0.3 is 10.4 Å². The van der Waals surface area contributed by atoms with Gasteiger partial charge in [0.2, 0.25) is 0 Å². The quantitative estimate of drug-likeness (QED) is 0.622. The van der Waals surface area contributed by atoms with Crippen molar-refractivity contribution < 1.29 is 14.7 Å². The van der Waals surface area contributed by atoms with Crippen molar-refractivity contribution in [2.45, 2.75) is 33.0 Å². The van der Waals surface area contributed by atoms with Crippen LogP contribution in [0.4, 0.5) is 5.69 Å². The van der Waals surface area contributed by atoms with Gasteiger partial charge in [0.15, 0.2) is 0 Å². The monoisotopic (exact) mass is 357 g/mol. The van der Waals surface area contributed by atoms with E-state index in [1.54, 1.807) is 29.3 Å². The lowest BCUT2D eigenvalue weighted by Crippen LogP contribution is -2.18. The van der Waals surface area contributed by atoms with Crippen LogP contribution in [0.3, 0.4) is 0 Å². The second-order valence-corrected chi connectivity index (χ2v) is 5.67. The SMILES string of the molecule is CCn1cc(Cn2cc(NC(=O)c3ccnn3CCC(=O)O)cn2)cn1. The first-order valence-corrected chi connectivity index (χ1v) is 8.14. The van der Waals surface area contributed by atoms with Gasteiger partial charge in [0, 0.05) is 30.7 Å². The number of carbonyl (C=O) groups is 2. The fourth-order valence-electron chi connectivity index (χ4n) is 2.46. The van der Waals surface area contributed by atoms with Crippen LogP contribution in [0.15, 0.2) is 37.1 Å². The van der Waals surface area contributed by atoms with Gasteiger partial charge >= 0.3 is 5.97 Å². The number of rotatable bonds is 8. The molecule has 0 aliphatic heterocycles. The van der Waals surface area contributed by atoms with Gasteiger partial charge in [-0.1, -0.05) is 0 Å². The van der Waals surface area contributed by atoms with E-state index in [4.69, 9.17) is 5.11 Å². The number of aromatic nitrogens is 6. The van der Waals surface area contributed by atoms with Crippen molar-refractivity contribution >= 4 is 17.6 Å². The molecule has 0 unspecified atom stereocenters. The van der Waals surface area contributed by atoms with Crippen LogP contribution >= 0.6 is 0 Å². The molecule has 3 rings (SSSR count). The number of carboxylic acid groups (broad SMARTS) is 1. The van der Waals surface area contributed by atoms with E-state index in [1.807, 2.05) is 17.8 Å². The van der Waals surface area contributed by atoms with Gasteiger partial charge in [0.05, 0.1) is 37.6 Å². The number of anilines is 1. The molecular formula is C16H19N7O3. The molecule has 10 heteroatoms. The Morgan fingerprint density at radius 3 is 2.69 bits per heavy atom. The molecular weight excluding hydrogens is 338 g/mol. The Labute approximate surface area is 149 Å². The third-order valence-corrected chi connectivity index (χ3v) is 3.73. The number of hydrogen-bond acceptors (Lipinski definition) is 5. The maximum Gasteiger partial charge on any atom is 0.305 e. The summed E-state index contributed by atoms with van der Waals surface area (Å²) in [7, 11) is 0. The second kappa shape index (κ2) is 7.64. The molecule has 0 fully saturated rings. The van der Waals surface area contributed by atoms with E-state index in [0.717, 1.165) is 12.1 Å². The minimum atomic E-state index is -0.945. The molecule has 10 nitrogen and oxygen atoms in total. The molecule has 3 heterocycles. The summed E-state index contributed by atoms with van der Waals surface area (Å²) in [6, 6.07) is 1.54. The number of nitrogens with one attached hydrogen (secondary N) is 1. The first-order chi connectivity index (χ1) is 12.5. The van der Waals surface area contributed by atoms with Crippen molar-refractivity contribution in [3.05, 3.63) is 48.3 Å². The topological polar surface area (TPSA) is 120 Å². The second-order valence-electron chi connectivity index (χ2n) is 5.67. The maximum absolute atomic E-state index is 12.4. The Balaban J connectivity index is 1.63. The van der Waals surface area contributed by atoms with Gasteiger partial charge in [-0.2, -0.15) is 15.3 Å². The summed E-state index contributed by atoms with van der Waals surface area (Å²) >= 11 is 0. The van der Waals surface area contributed by atoms with Crippen molar-refractivity contribution in [2.24, 2.45) is 0 Å². The predicted molar refractivity (Wildman–Crippen MR) is 91.7 cm³/mol. The van der Waals surface area contributed by atoms with Crippen molar-refractivity contribution in [1.82, 2.24) is 29.3 Å². The molecule has 0 saturated heterocycles. The molecule has 136 valence electrons. The highest BCUT2D eigenvalue weighted by atomic mass is 16.4. The van der Waals surface area contributed by atoms with Crippen LogP contribution in [-0.2, 0) is 24.4 Å². The number of amides is 1. The Kier molecular flexibility index (Phi) is 5.11. The van der Waals surface area contributed by atoms with Crippen LogP contribution in [0.25, 0.3) is 0 Å². The van der Waals surface area contributed by atoms with E-state index < -0.39 is 5.97 Å². The molecule has 0 bridgehead atoms. The van der Waals surface area contributed by atoms with Gasteiger partial charge in [0.1, 0.15) is 5.69 Å². The van der Waals surface area contributed by atoms with Crippen LogP contribution in [-0.4, -0.2) is 46.3 Å². The molecule has 0 spiro atoms. The normalized spacial score (nSPS) is 10.8. The summed E-state index contributed by atoms with van der Waals surface area (Å²) in [5.41, 5.74) is 1.85. The molecule has 0 aromatic carbocycles. The van der Waals surface area contributed by atoms with E-state index in [9.17, 15) is 9.59 Å². The first kappa shape index (κ1) is 17.4. The predicted octanol–water partition coefficient (Wildman–Crippen LogP) is 1.07. The number of nitrogens with zero attached hydrogens (tertiary/aromatic N) is 6. The molecule has 3 aromatic rings. The van der Waals surface area contributed by atoms with Gasteiger partial charge in [-0.3, -0.25) is 23.6 Å². The minimum Gasteiger partial charge on any atom is -0.481 e. The molecule has 0 aliphatic rings. The highest BCUT2D eigenvalue weighted by Gasteiger charge is 2.14. The van der Waals surface area contributed by atoms with E-state index >= 15 is 0 Å². The molecule has 0 radical (unpaired) electrons. The minimum absolute atomic E-state index is 0.106. The molecule has 26 heavy (non-hydrogen) atoms. The average molecular weight is 357 g/mol. The zero-order valence-electron chi connectivity index (χ0n) is 14.2. The summed E-state index contributed by atoms with van der Waals surface area (Å²) in [6.07, 6.45) is 8.36. The van der Waals surface area contributed by atoms with E-state index in [2.05, 4.69) is 20.6 Å². The third-order valence-electron chi connectivity index (χ3n) is 3.73. The highest BCUT2D eigenvalue weighted by Crippen LogP contribution is 2.10. The number of aryl methyl sites for hydroxylation is 2. The van der Waals surface area contributed by atoms with Crippen molar-refractivity contribution in [2.75, 3.05) is 5.32 Å². The van der Waals surface area contributed by atoms with Crippen LogP contribution in [0, 0.1) is 0 Å². The molecule has 0 atom stereocenters. The number of carboxylic acids is 1. The van der Waals surface area contributed by atoms with Gasteiger partial charge in [-0.15, -0.1) is 0 Å². The first-order valence-electron chi connectivity index (χ1n) is 8.14. The number of hydrogen-bond donors (Lipinski definition) is 2. The fraction of sp³-hybridized carbons (Fsp3) is 0.312. The third kappa shape index (κ3) is 4.15. The Hall–Kier alpha value is -3.43. The largest absolute Gasteiger partial charge is 0.481 e. The summed E-state index contributed by atoms with van der Waals surface area (Å²) in [5, 5.41) is 23.9. The summed E-state index contributed by atoms with van der Waals surface area (Å²) in [6.45, 7) is 3.49. The molecule has 1 amide bonds. The number of carbonyl (C=O) groups excluding carboxylic acids is 1. The summed E-state index contributed by atoms with van der Waals surface area (Å²) < 4.78 is 4.90. The lowest BCUT2D eigenvalue weighted by atomic mass is 10.3. The standard InChI is InChI=1S/C16H19N7O3/c1-2-21-9-12(7-18-21)10-22-11-13(8-19-22)20-16(26)14-3-5-17-23(14)6-4-15(24)25/h3,5,7-9,11H,2,4,6,10H2,1H3,(H,20,26)(H,24,25). The zero-order valence-corrected chi connectivity index (χ0v) is 14.2. The lowest BCUT2D eigenvalue weighted by molar-refractivity contribution is -0.137. The van der Waals surface area contributed by atoms with Gasteiger partial charge in [-0.05, 0) is 13.0 Å². The highest BCUT2D eigenvalue weighted by molar-refractivity contribution is 6.02. The Bertz CT molecular complexity index is 908. The van der Waals surface area contributed by atoms with E-state index in [-0.39, 0.29) is 18.9 Å². The fourth-order valence-corrected chi connectivity index (χ4v) is 2.46. The van der Waals surface area contributed by atoms with Crippen LogP contribution in [0.5, 0.6) is 0 Å². The zero-order chi connectivity index (χ0) is 18.5. The Morgan fingerprint density at radius 1 is 1.15 bits per heavy atom. The maximum atomic E-state index is 12.4. The van der Waals surface area contributed by atoms with Crippen molar-refractivity contribution in [3.63, 3.8) is 0 Å². The molecule has 3 aromatic heterocycles. The van der Waals surface area contributed by atoms with E-state index in [0.29, 0.717) is 17.9 Å². The lowest BCUT2D eigenvalue weighted by Gasteiger charge is -2.06. The molecule has 2 N–H and O–H groups in total. The molecule has 0 saturated carbocycles. The Morgan fingerprint density at radius 2 is 1.96 bits per heavy atom. The van der Waals surface area contributed by atoms with Gasteiger partial charge in [0.25, 0.3) is 5.91 Å². The van der Waals surface area contributed by atoms with Crippen LogP contribution in [0.2, 0.25) is 0 Å².